The molecule has 1 aliphatic heterocycles. The molecule has 2 rings (SSSR count). The van der Waals surface area contributed by atoms with Gasteiger partial charge in [-0.3, -0.25) is 14.9 Å². The highest BCUT2D eigenvalue weighted by atomic mass is 35.5. The molecule has 9 heteroatoms. The first kappa shape index (κ1) is 23.0. The zero-order chi connectivity index (χ0) is 19.1. The first-order chi connectivity index (χ1) is 12.5. The fraction of sp³-hybridized carbons (Fsp3) is 0.611. The number of benzene rings is 1. The smallest absolute Gasteiger partial charge is 0.286 e. The minimum Gasteiger partial charge on any atom is -0.493 e. The lowest BCUT2D eigenvalue weighted by atomic mass is 9.96. The molecular formula is C18H28ClN3O5. The molecule has 0 radical (unpaired) electrons. The average Bonchev–Trinajstić information content (AvgIpc) is 2.66. The van der Waals surface area contributed by atoms with Crippen molar-refractivity contribution in [2.45, 2.75) is 26.7 Å². The van der Waals surface area contributed by atoms with Crippen LogP contribution in [0.4, 0.5) is 5.69 Å². The summed E-state index contributed by atoms with van der Waals surface area (Å²) in [6.45, 7) is 7.26. The minimum absolute atomic E-state index is 0. The second-order valence-corrected chi connectivity index (χ2v) is 6.25. The third-order valence-electron chi connectivity index (χ3n) is 4.59. The van der Waals surface area contributed by atoms with Crippen LogP contribution >= 0.6 is 12.4 Å². The number of piperidine rings is 1. The van der Waals surface area contributed by atoms with Crippen molar-refractivity contribution in [3.63, 3.8) is 0 Å². The Bertz CT molecular complexity index is 648. The summed E-state index contributed by atoms with van der Waals surface area (Å²) in [4.78, 5) is 25.5. The molecule has 1 heterocycles. The molecule has 0 bridgehead atoms. The predicted molar refractivity (Wildman–Crippen MR) is 105 cm³/mol. The maximum absolute atomic E-state index is 12.9. The number of rotatable bonds is 8. The maximum atomic E-state index is 12.9. The molecule has 0 atom stereocenters. The summed E-state index contributed by atoms with van der Waals surface area (Å²) in [7, 11) is 1.45. The van der Waals surface area contributed by atoms with Gasteiger partial charge in [0.15, 0.2) is 11.5 Å². The number of halogens is 1. The van der Waals surface area contributed by atoms with Gasteiger partial charge in [-0.15, -0.1) is 12.4 Å². The number of methoxy groups -OCH3 is 1. The summed E-state index contributed by atoms with van der Waals surface area (Å²) in [5.41, 5.74) is -0.213. The Morgan fingerprint density at radius 1 is 1.30 bits per heavy atom. The molecule has 27 heavy (non-hydrogen) atoms. The van der Waals surface area contributed by atoms with Crippen LogP contribution in [-0.2, 0) is 0 Å². The molecule has 1 fully saturated rings. The Balaban J connectivity index is 0.00000364. The van der Waals surface area contributed by atoms with Crippen LogP contribution in [0.3, 0.4) is 0 Å². The number of nitro groups is 1. The highest BCUT2D eigenvalue weighted by Crippen LogP contribution is 2.35. The first-order valence-corrected chi connectivity index (χ1v) is 9.00. The van der Waals surface area contributed by atoms with Crippen LogP contribution < -0.4 is 14.8 Å². The van der Waals surface area contributed by atoms with Gasteiger partial charge in [0.05, 0.1) is 24.7 Å². The zero-order valence-corrected chi connectivity index (χ0v) is 16.8. The van der Waals surface area contributed by atoms with Gasteiger partial charge in [-0.05, 0) is 38.8 Å². The summed E-state index contributed by atoms with van der Waals surface area (Å²) >= 11 is 0. The maximum Gasteiger partial charge on any atom is 0.286 e. The van der Waals surface area contributed by atoms with E-state index in [-0.39, 0.29) is 35.3 Å². The number of carbonyl (C=O) groups is 1. The summed E-state index contributed by atoms with van der Waals surface area (Å²) in [6, 6.07) is 2.68. The van der Waals surface area contributed by atoms with Crippen LogP contribution in [0.2, 0.25) is 0 Å². The van der Waals surface area contributed by atoms with Gasteiger partial charge in [0.1, 0.15) is 5.56 Å². The highest BCUT2D eigenvalue weighted by Gasteiger charge is 2.30. The number of hydrogen-bond donors (Lipinski definition) is 1. The van der Waals surface area contributed by atoms with E-state index in [9.17, 15) is 14.9 Å². The van der Waals surface area contributed by atoms with E-state index in [0.717, 1.165) is 25.9 Å². The van der Waals surface area contributed by atoms with Crippen LogP contribution in [0.25, 0.3) is 0 Å². The highest BCUT2D eigenvalue weighted by molar-refractivity contribution is 5.99. The van der Waals surface area contributed by atoms with Crippen molar-refractivity contribution in [2.24, 2.45) is 5.92 Å². The Labute approximate surface area is 165 Å². The van der Waals surface area contributed by atoms with Gasteiger partial charge in [-0.1, -0.05) is 6.92 Å². The quantitative estimate of drug-likeness (QED) is 0.531. The number of amides is 1. The van der Waals surface area contributed by atoms with Crippen LogP contribution in [-0.4, -0.2) is 55.6 Å². The van der Waals surface area contributed by atoms with E-state index in [1.54, 1.807) is 11.8 Å². The summed E-state index contributed by atoms with van der Waals surface area (Å²) < 4.78 is 10.6. The van der Waals surface area contributed by atoms with Crippen LogP contribution in [0.15, 0.2) is 12.1 Å². The van der Waals surface area contributed by atoms with E-state index in [1.165, 1.54) is 19.2 Å². The molecule has 1 aliphatic rings. The van der Waals surface area contributed by atoms with Crippen LogP contribution in [0.5, 0.6) is 11.5 Å². The fourth-order valence-electron chi connectivity index (χ4n) is 3.16. The summed E-state index contributed by atoms with van der Waals surface area (Å²) in [6.07, 6.45) is 1.78. The monoisotopic (exact) mass is 401 g/mol. The van der Waals surface area contributed by atoms with E-state index in [0.29, 0.717) is 31.4 Å². The predicted octanol–water partition coefficient (Wildman–Crippen LogP) is 2.89. The van der Waals surface area contributed by atoms with Crippen molar-refractivity contribution in [1.82, 2.24) is 10.2 Å². The van der Waals surface area contributed by atoms with Gasteiger partial charge < -0.3 is 19.7 Å². The molecule has 0 unspecified atom stereocenters. The van der Waals surface area contributed by atoms with Crippen molar-refractivity contribution < 1.29 is 19.2 Å². The number of hydrogen-bond acceptors (Lipinski definition) is 6. The van der Waals surface area contributed by atoms with E-state index < -0.39 is 4.92 Å². The zero-order valence-electron chi connectivity index (χ0n) is 16.0. The fourth-order valence-corrected chi connectivity index (χ4v) is 3.16. The van der Waals surface area contributed by atoms with Crippen LogP contribution in [0, 0.1) is 16.0 Å². The van der Waals surface area contributed by atoms with E-state index >= 15 is 0 Å². The van der Waals surface area contributed by atoms with Crippen molar-refractivity contribution in [3.8, 4) is 11.5 Å². The van der Waals surface area contributed by atoms with Gasteiger partial charge >= 0.3 is 0 Å². The Hall–Kier alpha value is -2.06. The van der Waals surface area contributed by atoms with Gasteiger partial charge in [0.25, 0.3) is 11.6 Å². The Morgan fingerprint density at radius 3 is 2.48 bits per heavy atom. The molecule has 1 aromatic carbocycles. The largest absolute Gasteiger partial charge is 0.493 e. The standard InChI is InChI=1S/C18H27N3O5.ClH/c1-4-19-12-13-6-8-20(9-7-13)18(22)14-10-16(25-3)17(26-5-2)11-15(14)21(23)24;/h10-11,13,19H,4-9,12H2,1-3H3;1H. The number of nitro benzene ring substituents is 1. The van der Waals surface area contributed by atoms with Gasteiger partial charge in [0, 0.05) is 19.2 Å². The second kappa shape index (κ2) is 10.9. The summed E-state index contributed by atoms with van der Waals surface area (Å²) in [5, 5.41) is 14.8. The average molecular weight is 402 g/mol. The third kappa shape index (κ3) is 5.71. The first-order valence-electron chi connectivity index (χ1n) is 9.00. The van der Waals surface area contributed by atoms with E-state index in [4.69, 9.17) is 9.47 Å². The van der Waals surface area contributed by atoms with Crippen LogP contribution in [0.1, 0.15) is 37.0 Å². The lowest BCUT2D eigenvalue weighted by Crippen LogP contribution is -2.41. The van der Waals surface area contributed by atoms with Crippen molar-refractivity contribution in [1.29, 1.82) is 0 Å². The number of ether oxygens (including phenoxy) is 2. The molecular weight excluding hydrogens is 374 g/mol. The van der Waals surface area contributed by atoms with Crippen molar-refractivity contribution >= 4 is 24.0 Å². The number of carbonyl (C=O) groups excluding carboxylic acids is 1. The molecule has 1 N–H and O–H groups in total. The van der Waals surface area contributed by atoms with Crippen molar-refractivity contribution in [2.75, 3.05) is 39.9 Å². The number of nitrogens with zero attached hydrogens (tertiary/aromatic N) is 2. The molecule has 1 aromatic rings. The molecule has 0 saturated carbocycles. The molecule has 152 valence electrons. The number of likely N-dealkylation sites (tertiary alicyclic amines) is 1. The van der Waals surface area contributed by atoms with Gasteiger partial charge in [-0.25, -0.2) is 0 Å². The topological polar surface area (TPSA) is 93.9 Å². The second-order valence-electron chi connectivity index (χ2n) is 6.25. The molecule has 0 aliphatic carbocycles. The molecule has 1 amide bonds. The SMILES string of the molecule is CCNCC1CCN(C(=O)c2cc(OC)c(OCC)cc2[N+](=O)[O-])CC1.Cl. The minimum atomic E-state index is -0.548. The van der Waals surface area contributed by atoms with Gasteiger partial charge in [0.2, 0.25) is 0 Å². The number of nitrogens with one attached hydrogen (secondary N) is 1. The summed E-state index contributed by atoms with van der Waals surface area (Å²) in [5.74, 6) is 0.786. The Kier molecular flexibility index (Phi) is 9.31. The third-order valence-corrected chi connectivity index (χ3v) is 4.59. The molecule has 1 saturated heterocycles. The lowest BCUT2D eigenvalue weighted by molar-refractivity contribution is -0.385. The van der Waals surface area contributed by atoms with E-state index in [2.05, 4.69) is 12.2 Å². The Morgan fingerprint density at radius 2 is 1.96 bits per heavy atom. The normalized spacial score (nSPS) is 14.4. The van der Waals surface area contributed by atoms with Crippen molar-refractivity contribution in [3.05, 3.63) is 27.8 Å². The van der Waals surface area contributed by atoms with Gasteiger partial charge in [-0.2, -0.15) is 0 Å². The molecule has 0 spiro atoms. The van der Waals surface area contributed by atoms with E-state index in [1.807, 2.05) is 0 Å². The molecule has 0 aromatic heterocycles. The molecule has 8 nitrogen and oxygen atoms in total. The lowest BCUT2D eigenvalue weighted by Gasteiger charge is -2.32.